The Morgan fingerprint density at radius 2 is 1.77 bits per heavy atom. The maximum absolute atomic E-state index is 12.5. The number of aryl methyl sites for hydroxylation is 1. The average Bonchev–Trinajstić information content (AvgIpc) is 2.68. The predicted octanol–water partition coefficient (Wildman–Crippen LogP) is 3.89. The Bertz CT molecular complexity index is 880. The standard InChI is InChI=1S/C21H22N4O/c1-15-8-6-7-11-18(15)13-22-20-12-19(23-14-24-20)21(26)25-16(2)17-9-4-3-5-10-17/h3-12,14,16H,13H2,1-2H3,(H,25,26)(H,22,23,24). The second kappa shape index (κ2) is 8.25. The van der Waals surface area contributed by atoms with Crippen molar-refractivity contribution in [1.29, 1.82) is 0 Å². The maximum Gasteiger partial charge on any atom is 0.270 e. The van der Waals surface area contributed by atoms with E-state index in [0.29, 0.717) is 18.1 Å². The fraction of sp³-hybridized carbons (Fsp3) is 0.190. The van der Waals surface area contributed by atoms with Crippen molar-refractivity contribution < 1.29 is 4.79 Å². The molecule has 0 fully saturated rings. The van der Waals surface area contributed by atoms with Crippen LogP contribution in [0.3, 0.4) is 0 Å². The summed E-state index contributed by atoms with van der Waals surface area (Å²) in [5.74, 6) is 0.406. The second-order valence-corrected chi connectivity index (χ2v) is 6.17. The van der Waals surface area contributed by atoms with Gasteiger partial charge in [-0.1, -0.05) is 54.6 Å². The molecular weight excluding hydrogens is 324 g/mol. The van der Waals surface area contributed by atoms with Gasteiger partial charge >= 0.3 is 0 Å². The van der Waals surface area contributed by atoms with Gasteiger partial charge in [0, 0.05) is 12.6 Å². The van der Waals surface area contributed by atoms with E-state index in [1.165, 1.54) is 17.5 Å². The molecule has 0 aliphatic heterocycles. The van der Waals surface area contributed by atoms with Crippen LogP contribution < -0.4 is 10.6 Å². The SMILES string of the molecule is Cc1ccccc1CNc1cc(C(=O)NC(C)c2ccccc2)ncn1. The minimum atomic E-state index is -0.220. The summed E-state index contributed by atoms with van der Waals surface area (Å²) in [7, 11) is 0. The lowest BCUT2D eigenvalue weighted by Crippen LogP contribution is -2.27. The summed E-state index contributed by atoms with van der Waals surface area (Å²) in [5.41, 5.74) is 3.79. The van der Waals surface area contributed by atoms with Crippen molar-refractivity contribution in [3.8, 4) is 0 Å². The van der Waals surface area contributed by atoms with Crippen molar-refractivity contribution in [2.45, 2.75) is 26.4 Å². The van der Waals surface area contributed by atoms with Crippen LogP contribution in [0.5, 0.6) is 0 Å². The number of benzene rings is 2. The van der Waals surface area contributed by atoms with Crippen LogP contribution >= 0.6 is 0 Å². The van der Waals surface area contributed by atoms with Crippen molar-refractivity contribution in [1.82, 2.24) is 15.3 Å². The molecule has 5 heteroatoms. The minimum Gasteiger partial charge on any atom is -0.366 e. The number of aromatic nitrogens is 2. The van der Waals surface area contributed by atoms with Gasteiger partial charge in [0.15, 0.2) is 0 Å². The van der Waals surface area contributed by atoms with Gasteiger partial charge < -0.3 is 10.6 Å². The van der Waals surface area contributed by atoms with Crippen molar-refractivity contribution in [2.24, 2.45) is 0 Å². The van der Waals surface area contributed by atoms with Crippen LogP contribution in [-0.4, -0.2) is 15.9 Å². The summed E-state index contributed by atoms with van der Waals surface area (Å²) in [4.78, 5) is 20.8. The summed E-state index contributed by atoms with van der Waals surface area (Å²) < 4.78 is 0. The third-order valence-corrected chi connectivity index (χ3v) is 4.27. The molecule has 0 spiro atoms. The van der Waals surface area contributed by atoms with Gasteiger partial charge in [-0.05, 0) is 30.5 Å². The molecule has 1 unspecified atom stereocenters. The first kappa shape index (κ1) is 17.6. The van der Waals surface area contributed by atoms with E-state index < -0.39 is 0 Å². The zero-order chi connectivity index (χ0) is 18.4. The third kappa shape index (κ3) is 4.45. The third-order valence-electron chi connectivity index (χ3n) is 4.27. The van der Waals surface area contributed by atoms with Gasteiger partial charge in [0.1, 0.15) is 17.8 Å². The zero-order valence-corrected chi connectivity index (χ0v) is 14.9. The summed E-state index contributed by atoms with van der Waals surface area (Å²) in [6.45, 7) is 4.66. The number of hydrogen-bond donors (Lipinski definition) is 2. The van der Waals surface area contributed by atoms with Crippen molar-refractivity contribution >= 4 is 11.7 Å². The largest absolute Gasteiger partial charge is 0.366 e. The fourth-order valence-electron chi connectivity index (χ4n) is 2.67. The van der Waals surface area contributed by atoms with Crippen LogP contribution in [0, 0.1) is 6.92 Å². The van der Waals surface area contributed by atoms with Crippen molar-refractivity contribution in [2.75, 3.05) is 5.32 Å². The maximum atomic E-state index is 12.5. The van der Waals surface area contributed by atoms with E-state index in [0.717, 1.165) is 5.56 Å². The first-order chi connectivity index (χ1) is 12.6. The highest BCUT2D eigenvalue weighted by molar-refractivity contribution is 5.93. The second-order valence-electron chi connectivity index (χ2n) is 6.17. The van der Waals surface area contributed by atoms with Gasteiger partial charge in [-0.15, -0.1) is 0 Å². The Hall–Kier alpha value is -3.21. The predicted molar refractivity (Wildman–Crippen MR) is 103 cm³/mol. The molecule has 0 aliphatic carbocycles. The first-order valence-electron chi connectivity index (χ1n) is 8.59. The highest BCUT2D eigenvalue weighted by Gasteiger charge is 2.13. The van der Waals surface area contributed by atoms with Gasteiger partial charge in [0.2, 0.25) is 0 Å². The van der Waals surface area contributed by atoms with Gasteiger partial charge in [-0.25, -0.2) is 9.97 Å². The summed E-state index contributed by atoms with van der Waals surface area (Å²) in [6.07, 6.45) is 1.41. The molecule has 3 rings (SSSR count). The quantitative estimate of drug-likeness (QED) is 0.711. The van der Waals surface area contributed by atoms with Gasteiger partial charge in [-0.2, -0.15) is 0 Å². The Morgan fingerprint density at radius 3 is 2.54 bits per heavy atom. The number of carbonyl (C=O) groups excluding carboxylic acids is 1. The molecule has 0 aliphatic rings. The molecule has 3 aromatic rings. The van der Waals surface area contributed by atoms with E-state index in [1.54, 1.807) is 6.07 Å². The molecule has 2 N–H and O–H groups in total. The summed E-state index contributed by atoms with van der Waals surface area (Å²) in [6, 6.07) is 19.6. The number of carbonyl (C=O) groups is 1. The molecule has 0 saturated carbocycles. The molecule has 132 valence electrons. The number of hydrogen-bond acceptors (Lipinski definition) is 4. The Labute approximate surface area is 153 Å². The van der Waals surface area contributed by atoms with Gasteiger partial charge in [0.25, 0.3) is 5.91 Å². The lowest BCUT2D eigenvalue weighted by Gasteiger charge is -2.14. The minimum absolute atomic E-state index is 0.0953. The molecule has 2 aromatic carbocycles. The first-order valence-corrected chi connectivity index (χ1v) is 8.59. The lowest BCUT2D eigenvalue weighted by molar-refractivity contribution is 0.0934. The number of nitrogens with zero attached hydrogens (tertiary/aromatic N) is 2. The van der Waals surface area contributed by atoms with Gasteiger partial charge in [0.05, 0.1) is 6.04 Å². The molecule has 0 bridgehead atoms. The van der Waals surface area contributed by atoms with E-state index in [-0.39, 0.29) is 11.9 Å². The van der Waals surface area contributed by atoms with E-state index >= 15 is 0 Å². The van der Waals surface area contributed by atoms with E-state index in [9.17, 15) is 4.79 Å². The Morgan fingerprint density at radius 1 is 1.04 bits per heavy atom. The number of nitrogens with one attached hydrogen (secondary N) is 2. The Balaban J connectivity index is 1.65. The van der Waals surface area contributed by atoms with Crippen molar-refractivity contribution in [3.63, 3.8) is 0 Å². The molecule has 1 amide bonds. The smallest absolute Gasteiger partial charge is 0.270 e. The van der Waals surface area contributed by atoms with Crippen LogP contribution in [0.4, 0.5) is 5.82 Å². The molecule has 0 radical (unpaired) electrons. The average molecular weight is 346 g/mol. The lowest BCUT2D eigenvalue weighted by atomic mass is 10.1. The van der Waals surface area contributed by atoms with E-state index in [4.69, 9.17) is 0 Å². The van der Waals surface area contributed by atoms with Crippen LogP contribution in [0.25, 0.3) is 0 Å². The fourth-order valence-corrected chi connectivity index (χ4v) is 2.67. The monoisotopic (exact) mass is 346 g/mol. The molecule has 0 saturated heterocycles. The molecule has 1 atom stereocenters. The number of rotatable bonds is 6. The normalized spacial score (nSPS) is 11.6. The molecule has 1 heterocycles. The molecular formula is C21H22N4O. The Kier molecular flexibility index (Phi) is 5.59. The zero-order valence-electron chi connectivity index (χ0n) is 14.9. The van der Waals surface area contributed by atoms with Crippen LogP contribution in [0.15, 0.2) is 67.0 Å². The number of amides is 1. The van der Waals surface area contributed by atoms with E-state index in [1.807, 2.05) is 49.4 Å². The van der Waals surface area contributed by atoms with E-state index in [2.05, 4.69) is 39.7 Å². The molecule has 5 nitrogen and oxygen atoms in total. The van der Waals surface area contributed by atoms with Crippen LogP contribution in [0.1, 0.15) is 40.1 Å². The van der Waals surface area contributed by atoms with Crippen LogP contribution in [-0.2, 0) is 6.54 Å². The summed E-state index contributed by atoms with van der Waals surface area (Å²) in [5, 5.41) is 6.22. The van der Waals surface area contributed by atoms with Crippen molar-refractivity contribution in [3.05, 3.63) is 89.4 Å². The molecule has 1 aromatic heterocycles. The van der Waals surface area contributed by atoms with Crippen LogP contribution in [0.2, 0.25) is 0 Å². The van der Waals surface area contributed by atoms with Gasteiger partial charge in [-0.3, -0.25) is 4.79 Å². The number of anilines is 1. The highest BCUT2D eigenvalue weighted by Crippen LogP contribution is 2.14. The topological polar surface area (TPSA) is 66.9 Å². The highest BCUT2D eigenvalue weighted by atomic mass is 16.1. The molecule has 26 heavy (non-hydrogen) atoms. The summed E-state index contributed by atoms with van der Waals surface area (Å²) >= 11 is 0.